The second-order valence-electron chi connectivity index (χ2n) is 9.01. The van der Waals surface area contributed by atoms with Crippen molar-refractivity contribution in [1.82, 2.24) is 15.2 Å². The van der Waals surface area contributed by atoms with E-state index >= 15 is 0 Å². The Balaban J connectivity index is 1.80. The molecule has 0 unspecified atom stereocenters. The van der Waals surface area contributed by atoms with E-state index in [1.54, 1.807) is 52.0 Å². The van der Waals surface area contributed by atoms with Gasteiger partial charge < -0.3 is 14.8 Å². The molecule has 175 valence electrons. The predicted octanol–water partition coefficient (Wildman–Crippen LogP) is 3.45. The number of ether oxygens (including phenoxy) is 2. The summed E-state index contributed by atoms with van der Waals surface area (Å²) in [7, 11) is 3.65. The smallest absolute Gasteiger partial charge is 0.411 e. The molecule has 33 heavy (non-hydrogen) atoms. The number of fused-ring (bicyclic) bond motifs is 1. The van der Waals surface area contributed by atoms with Gasteiger partial charge in [0, 0.05) is 28.3 Å². The molecule has 2 atom stereocenters. The van der Waals surface area contributed by atoms with Gasteiger partial charge in [-0.1, -0.05) is 17.7 Å². The van der Waals surface area contributed by atoms with Crippen LogP contribution in [0, 0.1) is 0 Å². The molecular formula is C23H27ClN3O5Si. The molecule has 3 radical (unpaired) electrons. The molecule has 3 rings (SSSR count). The van der Waals surface area contributed by atoms with Crippen LogP contribution in [0.5, 0.6) is 0 Å². The topological polar surface area (TPSA) is 97.8 Å². The molecule has 2 amide bonds. The summed E-state index contributed by atoms with van der Waals surface area (Å²) < 4.78 is 10.7. The van der Waals surface area contributed by atoms with Gasteiger partial charge in [0.25, 0.3) is 5.91 Å². The maximum atomic E-state index is 13.0. The van der Waals surface area contributed by atoms with Crippen molar-refractivity contribution in [2.45, 2.75) is 57.3 Å². The zero-order valence-corrected chi connectivity index (χ0v) is 20.9. The molecular weight excluding hydrogens is 462 g/mol. The van der Waals surface area contributed by atoms with Gasteiger partial charge in [0.05, 0.1) is 27.9 Å². The number of piperidine rings is 1. The largest absolute Gasteiger partial charge is 0.464 e. The number of pyridine rings is 1. The molecule has 2 aromatic rings. The lowest BCUT2D eigenvalue weighted by molar-refractivity contribution is -0.151. The van der Waals surface area contributed by atoms with E-state index in [2.05, 4.69) is 20.5 Å². The van der Waals surface area contributed by atoms with Gasteiger partial charge >= 0.3 is 12.1 Å². The minimum absolute atomic E-state index is 0.0185. The summed E-state index contributed by atoms with van der Waals surface area (Å²) in [5.74, 6) is -0.867. The summed E-state index contributed by atoms with van der Waals surface area (Å²) >= 11 is 6.00. The van der Waals surface area contributed by atoms with Crippen molar-refractivity contribution >= 4 is 50.7 Å². The van der Waals surface area contributed by atoms with E-state index in [0.717, 1.165) is 5.39 Å². The van der Waals surface area contributed by atoms with Crippen LogP contribution in [0.2, 0.25) is 5.02 Å². The van der Waals surface area contributed by atoms with E-state index in [1.165, 1.54) is 11.1 Å². The average molecular weight is 489 g/mol. The van der Waals surface area contributed by atoms with Crippen molar-refractivity contribution < 1.29 is 23.9 Å². The molecule has 1 aliphatic rings. The number of hydrogen-bond acceptors (Lipinski definition) is 6. The van der Waals surface area contributed by atoms with Crippen molar-refractivity contribution in [2.75, 3.05) is 13.2 Å². The third-order valence-electron chi connectivity index (χ3n) is 5.11. The number of aromatic nitrogens is 1. The first kappa shape index (κ1) is 25.0. The van der Waals surface area contributed by atoms with Gasteiger partial charge in [-0.3, -0.25) is 14.7 Å². The van der Waals surface area contributed by atoms with Crippen LogP contribution >= 0.6 is 11.6 Å². The highest BCUT2D eigenvalue weighted by Gasteiger charge is 2.44. The molecule has 0 aliphatic carbocycles. The zero-order chi connectivity index (χ0) is 24.4. The molecule has 1 saturated heterocycles. The quantitative estimate of drug-likeness (QED) is 0.523. The SMILES string of the molecule is CCOC(=O)[C@H]1CC[C@@]([Si])(NC(=O)c2cnc3cc(Cl)ccc3c2)CN1C(=O)OC(C)(C)C. The van der Waals surface area contributed by atoms with Crippen LogP contribution in [-0.4, -0.2) is 68.1 Å². The molecule has 8 nitrogen and oxygen atoms in total. The van der Waals surface area contributed by atoms with E-state index < -0.39 is 28.9 Å². The number of hydrogen-bond donors (Lipinski definition) is 1. The Bertz CT molecular complexity index is 1070. The van der Waals surface area contributed by atoms with Gasteiger partial charge in [-0.15, -0.1) is 0 Å². The van der Waals surface area contributed by atoms with Gasteiger partial charge in [-0.05, 0) is 58.7 Å². The Morgan fingerprint density at radius 2 is 2.03 bits per heavy atom. The lowest BCUT2D eigenvalue weighted by Gasteiger charge is -2.44. The van der Waals surface area contributed by atoms with E-state index in [4.69, 9.17) is 21.1 Å². The van der Waals surface area contributed by atoms with Gasteiger partial charge in [-0.2, -0.15) is 0 Å². The fourth-order valence-corrected chi connectivity index (χ4v) is 4.22. The number of benzene rings is 1. The van der Waals surface area contributed by atoms with Crippen LogP contribution in [0.3, 0.4) is 0 Å². The predicted molar refractivity (Wildman–Crippen MR) is 125 cm³/mol. The van der Waals surface area contributed by atoms with Gasteiger partial charge in [-0.25, -0.2) is 9.59 Å². The zero-order valence-electron chi connectivity index (χ0n) is 19.1. The molecule has 0 bridgehead atoms. The molecule has 0 saturated carbocycles. The second-order valence-corrected chi connectivity index (χ2v) is 10.4. The van der Waals surface area contributed by atoms with Crippen LogP contribution in [0.4, 0.5) is 4.79 Å². The minimum atomic E-state index is -0.966. The number of nitrogens with one attached hydrogen (secondary N) is 1. The highest BCUT2D eigenvalue weighted by atomic mass is 35.5. The summed E-state index contributed by atoms with van der Waals surface area (Å²) in [6.07, 6.45) is 1.51. The highest BCUT2D eigenvalue weighted by Crippen LogP contribution is 2.27. The van der Waals surface area contributed by atoms with Gasteiger partial charge in [0.2, 0.25) is 0 Å². The first-order valence-corrected chi connectivity index (χ1v) is 11.6. The standard InChI is InChI=1S/C23H27ClN3O5Si/c1-5-31-20(29)18-8-9-23(33,13-27(18)21(30)32-22(2,3)4)26-19(28)15-10-14-6-7-16(24)11-17(14)25-12-15/h6-7,10-12,18H,5,8-9,13H2,1-4H3,(H,26,28)/t18-,23+/m1/s1. The van der Waals surface area contributed by atoms with Crippen LogP contribution in [0.1, 0.15) is 50.9 Å². The summed E-state index contributed by atoms with van der Waals surface area (Å²) in [6.45, 7) is 7.17. The van der Waals surface area contributed by atoms with Crippen LogP contribution in [-0.2, 0) is 14.3 Å². The van der Waals surface area contributed by atoms with E-state index in [1.807, 2.05) is 0 Å². The van der Waals surface area contributed by atoms with Crippen LogP contribution < -0.4 is 5.32 Å². The number of halogens is 1. The minimum Gasteiger partial charge on any atom is -0.464 e. The molecule has 1 fully saturated rings. The molecule has 1 N–H and O–H groups in total. The Labute approximate surface area is 201 Å². The van der Waals surface area contributed by atoms with Crippen LogP contribution in [0.25, 0.3) is 10.9 Å². The third-order valence-corrected chi connectivity index (χ3v) is 5.88. The van der Waals surface area contributed by atoms with E-state index in [0.29, 0.717) is 22.5 Å². The fraction of sp³-hybridized carbons (Fsp3) is 0.478. The lowest BCUT2D eigenvalue weighted by Crippen LogP contribution is -2.64. The average Bonchev–Trinajstić information content (AvgIpc) is 2.72. The Morgan fingerprint density at radius 3 is 2.70 bits per heavy atom. The summed E-state index contributed by atoms with van der Waals surface area (Å²) in [4.78, 5) is 44.0. The molecule has 2 heterocycles. The van der Waals surface area contributed by atoms with Crippen molar-refractivity contribution in [2.24, 2.45) is 0 Å². The molecule has 1 aromatic heterocycles. The summed E-state index contributed by atoms with van der Waals surface area (Å²) in [5, 5.41) is 3.30. The molecule has 1 aliphatic heterocycles. The molecule has 1 aromatic carbocycles. The Morgan fingerprint density at radius 1 is 1.30 bits per heavy atom. The monoisotopic (exact) mass is 488 g/mol. The normalized spacial score (nSPS) is 20.9. The van der Waals surface area contributed by atoms with Gasteiger partial charge in [0.15, 0.2) is 0 Å². The highest BCUT2D eigenvalue weighted by molar-refractivity contribution is 6.31. The first-order chi connectivity index (χ1) is 15.4. The number of likely N-dealkylation sites (tertiary alicyclic amines) is 1. The number of carbonyl (C=O) groups is 3. The van der Waals surface area contributed by atoms with Crippen molar-refractivity contribution in [3.05, 3.63) is 41.0 Å². The van der Waals surface area contributed by atoms with Crippen molar-refractivity contribution in [3.8, 4) is 0 Å². The van der Waals surface area contributed by atoms with E-state index in [-0.39, 0.29) is 25.5 Å². The number of carbonyl (C=O) groups excluding carboxylic acids is 3. The summed E-state index contributed by atoms with van der Waals surface area (Å²) in [5.41, 5.74) is 0.294. The second kappa shape index (κ2) is 9.68. The summed E-state index contributed by atoms with van der Waals surface area (Å²) in [6, 6.07) is 6.17. The van der Waals surface area contributed by atoms with Crippen molar-refractivity contribution in [1.29, 1.82) is 0 Å². The Hall–Kier alpha value is -2.65. The number of esters is 1. The molecule has 10 heteroatoms. The fourth-order valence-electron chi connectivity index (χ4n) is 3.63. The Kier molecular flexibility index (Phi) is 7.33. The van der Waals surface area contributed by atoms with Crippen molar-refractivity contribution in [3.63, 3.8) is 0 Å². The number of nitrogens with zero attached hydrogens (tertiary/aromatic N) is 2. The van der Waals surface area contributed by atoms with E-state index in [9.17, 15) is 14.4 Å². The maximum Gasteiger partial charge on any atom is 0.411 e. The number of amides is 2. The first-order valence-electron chi connectivity index (χ1n) is 10.7. The van der Waals surface area contributed by atoms with Crippen LogP contribution in [0.15, 0.2) is 30.5 Å². The molecule has 0 spiro atoms. The van der Waals surface area contributed by atoms with Gasteiger partial charge in [0.1, 0.15) is 11.6 Å². The number of rotatable bonds is 4. The third kappa shape index (κ3) is 6.23. The lowest BCUT2D eigenvalue weighted by atomic mass is 9.97. The maximum absolute atomic E-state index is 13.0.